The van der Waals surface area contributed by atoms with Crippen LogP contribution >= 0.6 is 11.8 Å². The quantitative estimate of drug-likeness (QED) is 0.590. The number of hydrogen-bond acceptors (Lipinski definition) is 3. The Bertz CT molecular complexity index is 668. The molecule has 1 aromatic rings. The molecule has 116 valence electrons. The SMILES string of the molecule is C=C/C(C)=C\c1c(NC)cc(C2=C(C)CN=C2C)cc1SC. The molecule has 0 saturated heterocycles. The molecule has 0 atom stereocenters. The number of hydrogen-bond donors (Lipinski definition) is 1. The number of allylic oxidation sites excluding steroid dienone is 3. The Morgan fingerprint density at radius 3 is 2.59 bits per heavy atom. The monoisotopic (exact) mass is 312 g/mol. The van der Waals surface area contributed by atoms with Crippen LogP contribution in [0.1, 0.15) is 31.9 Å². The summed E-state index contributed by atoms with van der Waals surface area (Å²) in [6, 6.07) is 4.50. The number of nitrogens with zero attached hydrogens (tertiary/aromatic N) is 1. The second-order valence-electron chi connectivity index (χ2n) is 5.54. The highest BCUT2D eigenvalue weighted by atomic mass is 32.2. The van der Waals surface area contributed by atoms with Crippen LogP contribution in [0.25, 0.3) is 11.6 Å². The van der Waals surface area contributed by atoms with E-state index in [0.29, 0.717) is 0 Å². The summed E-state index contributed by atoms with van der Waals surface area (Å²) in [5, 5.41) is 3.34. The first-order valence-electron chi connectivity index (χ1n) is 7.43. The van der Waals surface area contributed by atoms with Crippen molar-refractivity contribution in [2.75, 3.05) is 25.2 Å². The Balaban J connectivity index is 2.65. The molecule has 0 saturated carbocycles. The molecule has 0 fully saturated rings. The molecule has 2 rings (SSSR count). The summed E-state index contributed by atoms with van der Waals surface area (Å²) >= 11 is 1.77. The Kier molecular flexibility index (Phi) is 5.30. The first-order chi connectivity index (χ1) is 10.5. The van der Waals surface area contributed by atoms with Gasteiger partial charge in [0.1, 0.15) is 0 Å². The molecule has 0 aromatic heterocycles. The molecule has 22 heavy (non-hydrogen) atoms. The molecule has 1 aromatic carbocycles. The van der Waals surface area contributed by atoms with Gasteiger partial charge in [0.25, 0.3) is 0 Å². The molecule has 2 nitrogen and oxygen atoms in total. The maximum absolute atomic E-state index is 4.56. The minimum Gasteiger partial charge on any atom is -0.388 e. The van der Waals surface area contributed by atoms with Gasteiger partial charge in [0.2, 0.25) is 0 Å². The van der Waals surface area contributed by atoms with Crippen LogP contribution in [0.3, 0.4) is 0 Å². The normalized spacial score (nSPS) is 15.1. The van der Waals surface area contributed by atoms with E-state index in [0.717, 1.165) is 23.5 Å². The minimum atomic E-state index is 0.821. The fourth-order valence-electron chi connectivity index (χ4n) is 2.74. The zero-order valence-electron chi connectivity index (χ0n) is 14.1. The third-order valence-corrected chi connectivity index (χ3v) is 4.73. The lowest BCUT2D eigenvalue weighted by molar-refractivity contribution is 1.17. The largest absolute Gasteiger partial charge is 0.388 e. The van der Waals surface area contributed by atoms with E-state index in [1.165, 1.54) is 27.2 Å². The number of rotatable bonds is 5. The van der Waals surface area contributed by atoms with E-state index < -0.39 is 0 Å². The smallest absolute Gasteiger partial charge is 0.0610 e. The van der Waals surface area contributed by atoms with Crippen molar-refractivity contribution in [3.8, 4) is 0 Å². The van der Waals surface area contributed by atoms with Crippen LogP contribution in [0.2, 0.25) is 0 Å². The van der Waals surface area contributed by atoms with Crippen LogP contribution in [0, 0.1) is 0 Å². The summed E-state index contributed by atoms with van der Waals surface area (Å²) in [6.45, 7) is 11.0. The van der Waals surface area contributed by atoms with Gasteiger partial charge in [-0.15, -0.1) is 11.8 Å². The van der Waals surface area contributed by atoms with Gasteiger partial charge in [-0.25, -0.2) is 0 Å². The first kappa shape index (κ1) is 16.6. The summed E-state index contributed by atoms with van der Waals surface area (Å²) in [5.74, 6) is 0. The molecular formula is C19H24N2S. The maximum Gasteiger partial charge on any atom is 0.0610 e. The summed E-state index contributed by atoms with van der Waals surface area (Å²) in [7, 11) is 1.97. The van der Waals surface area contributed by atoms with Crippen molar-refractivity contribution in [1.82, 2.24) is 0 Å². The highest BCUT2D eigenvalue weighted by molar-refractivity contribution is 7.98. The third-order valence-electron chi connectivity index (χ3n) is 3.96. The Labute approximate surface area is 138 Å². The Morgan fingerprint density at radius 1 is 1.36 bits per heavy atom. The second-order valence-corrected chi connectivity index (χ2v) is 6.39. The molecular weight excluding hydrogens is 288 g/mol. The molecule has 0 aliphatic carbocycles. The average Bonchev–Trinajstić information content (AvgIpc) is 2.86. The van der Waals surface area contributed by atoms with E-state index >= 15 is 0 Å². The van der Waals surface area contributed by atoms with Gasteiger partial charge in [-0.1, -0.05) is 18.2 Å². The third kappa shape index (κ3) is 3.20. The summed E-state index contributed by atoms with van der Waals surface area (Å²) in [4.78, 5) is 5.83. The van der Waals surface area contributed by atoms with Gasteiger partial charge in [0.15, 0.2) is 0 Å². The lowest BCUT2D eigenvalue weighted by Crippen LogP contribution is -2.00. The van der Waals surface area contributed by atoms with Gasteiger partial charge in [-0.05, 0) is 56.4 Å². The molecule has 3 heteroatoms. The minimum absolute atomic E-state index is 0.821. The molecule has 1 aliphatic rings. The van der Waals surface area contributed by atoms with Crippen LogP contribution < -0.4 is 5.32 Å². The van der Waals surface area contributed by atoms with Gasteiger partial charge in [0.05, 0.1) is 6.54 Å². The molecule has 1 heterocycles. The second kappa shape index (κ2) is 7.01. The summed E-state index contributed by atoms with van der Waals surface area (Å²) in [5.41, 5.74) is 8.55. The van der Waals surface area contributed by atoms with E-state index in [-0.39, 0.29) is 0 Å². The maximum atomic E-state index is 4.56. The lowest BCUT2D eigenvalue weighted by atomic mass is 9.96. The molecule has 0 spiro atoms. The van der Waals surface area contributed by atoms with E-state index in [1.807, 2.05) is 13.1 Å². The predicted octanol–water partition coefficient (Wildman–Crippen LogP) is 5.29. The van der Waals surface area contributed by atoms with Crippen LogP contribution in [-0.4, -0.2) is 25.6 Å². The molecule has 0 bridgehead atoms. The number of aliphatic imine (C=N–C) groups is 1. The van der Waals surface area contributed by atoms with Crippen LogP contribution in [0.4, 0.5) is 5.69 Å². The standard InChI is InChI=1S/C19H24N2S/c1-7-12(2)8-16-17(20-5)9-15(10-18(16)22-6)19-13(3)11-21-14(19)4/h7-10,20H,1,11H2,2-6H3/b12-8-. The van der Waals surface area contributed by atoms with Gasteiger partial charge in [-0.2, -0.15) is 0 Å². The van der Waals surface area contributed by atoms with Crippen molar-refractivity contribution in [2.45, 2.75) is 25.7 Å². The van der Waals surface area contributed by atoms with Crippen LogP contribution in [0.15, 0.2) is 45.8 Å². The number of thioether (sulfide) groups is 1. The Hall–Kier alpha value is -1.74. The van der Waals surface area contributed by atoms with E-state index in [2.05, 4.69) is 62.1 Å². The van der Waals surface area contributed by atoms with Gasteiger partial charge in [0, 0.05) is 34.5 Å². The fourth-order valence-corrected chi connectivity index (χ4v) is 3.38. The fraction of sp³-hybridized carbons (Fsp3) is 0.316. The van der Waals surface area contributed by atoms with Gasteiger partial charge in [-0.3, -0.25) is 4.99 Å². The first-order valence-corrected chi connectivity index (χ1v) is 8.66. The van der Waals surface area contributed by atoms with E-state index in [4.69, 9.17) is 0 Å². The van der Waals surface area contributed by atoms with Crippen molar-refractivity contribution in [3.63, 3.8) is 0 Å². The highest BCUT2D eigenvalue weighted by Crippen LogP contribution is 2.36. The molecule has 0 radical (unpaired) electrons. The van der Waals surface area contributed by atoms with Crippen molar-refractivity contribution in [2.24, 2.45) is 4.99 Å². The summed E-state index contributed by atoms with van der Waals surface area (Å²) in [6.07, 6.45) is 6.19. The highest BCUT2D eigenvalue weighted by Gasteiger charge is 2.17. The molecule has 0 unspecified atom stereocenters. The predicted molar refractivity (Wildman–Crippen MR) is 102 cm³/mol. The number of benzene rings is 1. The molecule has 1 aliphatic heterocycles. The van der Waals surface area contributed by atoms with Crippen molar-refractivity contribution >= 4 is 34.8 Å². The molecule has 1 N–H and O–H groups in total. The zero-order chi connectivity index (χ0) is 16.3. The lowest BCUT2D eigenvalue weighted by Gasteiger charge is -2.15. The van der Waals surface area contributed by atoms with Gasteiger partial charge >= 0.3 is 0 Å². The van der Waals surface area contributed by atoms with Crippen LogP contribution in [-0.2, 0) is 0 Å². The van der Waals surface area contributed by atoms with Gasteiger partial charge < -0.3 is 5.32 Å². The van der Waals surface area contributed by atoms with E-state index in [1.54, 1.807) is 11.8 Å². The average molecular weight is 312 g/mol. The van der Waals surface area contributed by atoms with Crippen molar-refractivity contribution in [1.29, 1.82) is 0 Å². The molecule has 0 amide bonds. The zero-order valence-corrected chi connectivity index (χ0v) is 14.9. The van der Waals surface area contributed by atoms with Crippen molar-refractivity contribution in [3.05, 3.63) is 47.1 Å². The van der Waals surface area contributed by atoms with Crippen molar-refractivity contribution < 1.29 is 0 Å². The number of nitrogens with one attached hydrogen (secondary N) is 1. The Morgan fingerprint density at radius 2 is 2.09 bits per heavy atom. The number of anilines is 1. The van der Waals surface area contributed by atoms with E-state index in [9.17, 15) is 0 Å². The summed E-state index contributed by atoms with van der Waals surface area (Å²) < 4.78 is 0. The van der Waals surface area contributed by atoms with Crippen LogP contribution in [0.5, 0.6) is 0 Å². The topological polar surface area (TPSA) is 24.4 Å².